The molecule has 0 radical (unpaired) electrons. The highest BCUT2D eigenvalue weighted by molar-refractivity contribution is 7.88. The van der Waals surface area contributed by atoms with E-state index in [0.717, 1.165) is 43.8 Å². The molecule has 0 bridgehead atoms. The highest BCUT2D eigenvalue weighted by atomic mass is 32.2. The van der Waals surface area contributed by atoms with E-state index in [9.17, 15) is 8.42 Å². The number of fused-ring (bicyclic) bond motifs is 2. The molecule has 154 valence electrons. The second kappa shape index (κ2) is 7.50. The van der Waals surface area contributed by atoms with E-state index in [1.54, 1.807) is 15.6 Å². The number of aromatic nitrogens is 1. The van der Waals surface area contributed by atoms with Crippen LogP contribution in [-0.4, -0.2) is 54.5 Å². The van der Waals surface area contributed by atoms with E-state index >= 15 is 0 Å². The Bertz CT molecular complexity index is 1030. The lowest BCUT2D eigenvalue weighted by Gasteiger charge is -2.24. The molecule has 2 fully saturated rings. The lowest BCUT2D eigenvalue weighted by atomic mass is 10.0. The summed E-state index contributed by atoms with van der Waals surface area (Å²) in [6.07, 6.45) is 8.73. The third kappa shape index (κ3) is 3.99. The molecule has 3 heterocycles. The van der Waals surface area contributed by atoms with Gasteiger partial charge >= 0.3 is 0 Å². The van der Waals surface area contributed by atoms with E-state index in [0.29, 0.717) is 30.2 Å². The van der Waals surface area contributed by atoms with Gasteiger partial charge in [0, 0.05) is 30.6 Å². The van der Waals surface area contributed by atoms with Crippen molar-refractivity contribution in [3.8, 4) is 10.9 Å². The highest BCUT2D eigenvalue weighted by Gasteiger charge is 2.43. The summed E-state index contributed by atoms with van der Waals surface area (Å²) >= 11 is 1.63. The van der Waals surface area contributed by atoms with E-state index in [2.05, 4.69) is 34.2 Å². The number of hydrogen-bond donors (Lipinski definition) is 0. The first-order chi connectivity index (χ1) is 14.0. The number of aryl methyl sites for hydroxylation is 1. The van der Waals surface area contributed by atoms with Crippen LogP contribution in [0.5, 0.6) is 10.9 Å². The second-order valence-electron chi connectivity index (χ2n) is 8.14. The highest BCUT2D eigenvalue weighted by Crippen LogP contribution is 2.35. The number of thiazole rings is 1. The van der Waals surface area contributed by atoms with Crippen LogP contribution in [0.4, 0.5) is 0 Å². The molecule has 1 aromatic carbocycles. The zero-order valence-electron chi connectivity index (χ0n) is 16.5. The van der Waals surface area contributed by atoms with E-state index in [1.807, 2.05) is 12.1 Å². The first-order valence-corrected chi connectivity index (χ1v) is 12.7. The molecule has 2 atom stereocenters. The largest absolute Gasteiger partial charge is 0.431 e. The third-order valence-electron chi connectivity index (χ3n) is 6.13. The molecule has 8 heteroatoms. The molecule has 0 amide bonds. The van der Waals surface area contributed by atoms with Crippen LogP contribution >= 0.6 is 11.3 Å². The van der Waals surface area contributed by atoms with Gasteiger partial charge in [0.25, 0.3) is 5.19 Å². The summed E-state index contributed by atoms with van der Waals surface area (Å²) in [7, 11) is -3.10. The molecular weight excluding hydrogens is 406 g/mol. The number of nitrogens with zero attached hydrogens (tertiary/aromatic N) is 3. The molecule has 29 heavy (non-hydrogen) atoms. The normalized spacial score (nSPS) is 24.6. The van der Waals surface area contributed by atoms with Gasteiger partial charge in [0.05, 0.1) is 11.9 Å². The van der Waals surface area contributed by atoms with Crippen LogP contribution in [0.3, 0.4) is 0 Å². The van der Waals surface area contributed by atoms with Crippen LogP contribution in [0.15, 0.2) is 30.3 Å². The third-order valence-corrected chi connectivity index (χ3v) is 8.38. The summed E-state index contributed by atoms with van der Waals surface area (Å²) in [5, 5.41) is 0.698. The summed E-state index contributed by atoms with van der Waals surface area (Å²) in [5.74, 6) is 1.25. The average Bonchev–Trinajstić information content (AvgIpc) is 3.37. The van der Waals surface area contributed by atoms with Crippen LogP contribution in [0, 0.1) is 5.92 Å². The molecule has 2 aromatic rings. The van der Waals surface area contributed by atoms with Crippen molar-refractivity contribution in [2.45, 2.75) is 31.8 Å². The van der Waals surface area contributed by atoms with Gasteiger partial charge in [-0.15, -0.1) is 0 Å². The van der Waals surface area contributed by atoms with Gasteiger partial charge in [0.15, 0.2) is 0 Å². The second-order valence-corrected chi connectivity index (χ2v) is 11.2. The van der Waals surface area contributed by atoms with Crippen molar-refractivity contribution >= 4 is 27.4 Å². The Morgan fingerprint density at radius 1 is 1.24 bits per heavy atom. The van der Waals surface area contributed by atoms with Crippen molar-refractivity contribution in [1.29, 1.82) is 0 Å². The molecule has 1 aliphatic carbocycles. The minimum absolute atomic E-state index is 0.329. The van der Waals surface area contributed by atoms with E-state index in [-0.39, 0.29) is 0 Å². The molecule has 0 saturated carbocycles. The van der Waals surface area contributed by atoms with Gasteiger partial charge in [-0.05, 0) is 55.5 Å². The van der Waals surface area contributed by atoms with Crippen molar-refractivity contribution in [3.05, 3.63) is 46.5 Å². The van der Waals surface area contributed by atoms with Gasteiger partial charge in [-0.3, -0.25) is 4.90 Å². The first kappa shape index (κ1) is 19.2. The number of likely N-dealkylation sites (tertiary alicyclic amines) is 1. The van der Waals surface area contributed by atoms with Gasteiger partial charge < -0.3 is 4.74 Å². The Morgan fingerprint density at radius 2 is 2.07 bits per heavy atom. The fourth-order valence-corrected chi connectivity index (χ4v) is 6.40. The molecule has 2 aliphatic heterocycles. The summed E-state index contributed by atoms with van der Waals surface area (Å²) in [4.78, 5) is 8.28. The smallest absolute Gasteiger partial charge is 0.279 e. The lowest BCUT2D eigenvalue weighted by Crippen LogP contribution is -2.36. The van der Waals surface area contributed by atoms with Crippen molar-refractivity contribution in [2.24, 2.45) is 5.92 Å². The van der Waals surface area contributed by atoms with Crippen LogP contribution in [-0.2, 0) is 23.0 Å². The zero-order valence-corrected chi connectivity index (χ0v) is 18.1. The average molecular weight is 432 g/mol. The van der Waals surface area contributed by atoms with Crippen LogP contribution in [0.25, 0.3) is 6.08 Å². The minimum atomic E-state index is -3.10. The van der Waals surface area contributed by atoms with Gasteiger partial charge in [-0.1, -0.05) is 29.5 Å². The molecule has 2 unspecified atom stereocenters. The molecule has 6 nitrogen and oxygen atoms in total. The van der Waals surface area contributed by atoms with Crippen LogP contribution in [0.1, 0.15) is 29.0 Å². The van der Waals surface area contributed by atoms with Crippen LogP contribution < -0.4 is 4.74 Å². The zero-order chi connectivity index (χ0) is 20.0. The summed E-state index contributed by atoms with van der Waals surface area (Å²) in [5.41, 5.74) is 2.26. The maximum absolute atomic E-state index is 11.9. The maximum atomic E-state index is 11.9. The van der Waals surface area contributed by atoms with Gasteiger partial charge in [-0.2, -0.15) is 0 Å². The first-order valence-electron chi connectivity index (χ1n) is 10.1. The molecule has 1 aromatic heterocycles. The van der Waals surface area contributed by atoms with Gasteiger partial charge in [0.2, 0.25) is 10.0 Å². The summed E-state index contributed by atoms with van der Waals surface area (Å²) < 4.78 is 31.3. The van der Waals surface area contributed by atoms with Crippen molar-refractivity contribution < 1.29 is 13.2 Å². The Morgan fingerprint density at radius 3 is 2.83 bits per heavy atom. The molecule has 0 spiro atoms. The SMILES string of the molecule is CS(=O)(=O)N1CC2CCN(Cc3ccc(Oc4nc5c(s4)CCC=C5)cc3)C2C1. The predicted octanol–water partition coefficient (Wildman–Crippen LogP) is 3.36. The number of ether oxygens (including phenoxy) is 1. The lowest BCUT2D eigenvalue weighted by molar-refractivity contribution is 0.236. The molecule has 0 N–H and O–H groups in total. The van der Waals surface area contributed by atoms with E-state index < -0.39 is 10.0 Å². The number of benzene rings is 1. The molecule has 5 rings (SSSR count). The van der Waals surface area contributed by atoms with Crippen molar-refractivity contribution in [2.75, 3.05) is 25.9 Å². The monoisotopic (exact) mass is 431 g/mol. The van der Waals surface area contributed by atoms with Crippen LogP contribution in [0.2, 0.25) is 0 Å². The topological polar surface area (TPSA) is 62.7 Å². The fraction of sp³-hybridized carbons (Fsp3) is 0.476. The summed E-state index contributed by atoms with van der Waals surface area (Å²) in [6, 6.07) is 8.52. The van der Waals surface area contributed by atoms with E-state index in [1.165, 1.54) is 16.7 Å². The maximum Gasteiger partial charge on any atom is 0.279 e. The number of hydrogen-bond acceptors (Lipinski definition) is 6. The summed E-state index contributed by atoms with van der Waals surface area (Å²) in [6.45, 7) is 3.16. The molecular formula is C21H25N3O3S2. The molecule has 2 saturated heterocycles. The minimum Gasteiger partial charge on any atom is -0.431 e. The Labute approximate surface area is 175 Å². The van der Waals surface area contributed by atoms with Gasteiger partial charge in [0.1, 0.15) is 5.75 Å². The number of sulfonamides is 1. The van der Waals surface area contributed by atoms with Crippen molar-refractivity contribution in [3.63, 3.8) is 0 Å². The van der Waals surface area contributed by atoms with Crippen molar-refractivity contribution in [1.82, 2.24) is 14.2 Å². The number of allylic oxidation sites excluding steroid dienone is 1. The fourth-order valence-electron chi connectivity index (χ4n) is 4.58. The predicted molar refractivity (Wildman–Crippen MR) is 115 cm³/mol. The Hall–Kier alpha value is -1.74. The quantitative estimate of drug-likeness (QED) is 0.726. The van der Waals surface area contributed by atoms with E-state index in [4.69, 9.17) is 4.74 Å². The van der Waals surface area contributed by atoms with Gasteiger partial charge in [-0.25, -0.2) is 17.7 Å². The Kier molecular flexibility index (Phi) is 4.98. The Balaban J connectivity index is 1.22. The number of rotatable bonds is 5. The standard InChI is InChI=1S/C21H25N3O3S2/c1-29(25,26)24-13-16-10-11-23(19(16)14-24)12-15-6-8-17(9-7-15)27-21-22-18-4-2-3-5-20(18)28-21/h2,4,6-9,16,19H,3,5,10-14H2,1H3. The molecule has 3 aliphatic rings.